The van der Waals surface area contributed by atoms with E-state index in [2.05, 4.69) is 10.3 Å². The molecule has 0 atom stereocenters. The topological polar surface area (TPSA) is 76.4 Å². The van der Waals surface area contributed by atoms with Crippen molar-refractivity contribution in [1.82, 2.24) is 9.55 Å². The summed E-state index contributed by atoms with van der Waals surface area (Å²) in [6, 6.07) is 14.9. The fraction of sp³-hybridized carbons (Fsp3) is 0.200. The van der Waals surface area contributed by atoms with Crippen LogP contribution in [0.4, 0.5) is 5.69 Å². The van der Waals surface area contributed by atoms with Crippen molar-refractivity contribution < 1.29 is 14.6 Å². The highest BCUT2D eigenvalue weighted by molar-refractivity contribution is 7.99. The van der Waals surface area contributed by atoms with Crippen molar-refractivity contribution in [3.8, 4) is 5.75 Å². The molecule has 3 aromatic rings. The number of aliphatic hydroxyl groups excluding tert-OH is 1. The van der Waals surface area contributed by atoms with Crippen molar-refractivity contribution in [1.29, 1.82) is 0 Å². The van der Waals surface area contributed by atoms with E-state index in [1.54, 1.807) is 24.4 Å². The monoisotopic (exact) mass is 417 g/mol. The SMILES string of the molecule is COc1ccc(Cl)cc1NC(=O)CSc1ncc(CO)n1Cc1ccccc1. The maximum Gasteiger partial charge on any atom is 0.234 e. The van der Waals surface area contributed by atoms with E-state index in [9.17, 15) is 9.90 Å². The second-order valence-corrected chi connectivity index (χ2v) is 7.32. The van der Waals surface area contributed by atoms with E-state index >= 15 is 0 Å². The van der Waals surface area contributed by atoms with Crippen LogP contribution in [0.15, 0.2) is 59.9 Å². The van der Waals surface area contributed by atoms with E-state index in [1.807, 2.05) is 34.9 Å². The van der Waals surface area contributed by atoms with E-state index in [1.165, 1.54) is 18.9 Å². The maximum absolute atomic E-state index is 12.4. The second-order valence-electron chi connectivity index (χ2n) is 5.94. The highest BCUT2D eigenvalue weighted by Gasteiger charge is 2.14. The van der Waals surface area contributed by atoms with Gasteiger partial charge in [-0.2, -0.15) is 0 Å². The third-order valence-electron chi connectivity index (χ3n) is 4.02. The van der Waals surface area contributed by atoms with Crippen LogP contribution < -0.4 is 10.1 Å². The molecule has 8 heteroatoms. The molecule has 1 aromatic heterocycles. The zero-order valence-electron chi connectivity index (χ0n) is 15.3. The molecular formula is C20H20ClN3O3S. The number of benzene rings is 2. The Bertz CT molecular complexity index is 947. The minimum atomic E-state index is -0.203. The molecular weight excluding hydrogens is 398 g/mol. The lowest BCUT2D eigenvalue weighted by Crippen LogP contribution is -2.15. The van der Waals surface area contributed by atoms with Gasteiger partial charge in [0.05, 0.1) is 37.0 Å². The van der Waals surface area contributed by atoms with Crippen LogP contribution in [-0.4, -0.2) is 33.4 Å². The number of carbonyl (C=O) groups is 1. The molecule has 146 valence electrons. The van der Waals surface area contributed by atoms with E-state index in [-0.39, 0.29) is 18.3 Å². The summed E-state index contributed by atoms with van der Waals surface area (Å²) in [5, 5.41) is 13.6. The minimum Gasteiger partial charge on any atom is -0.495 e. The molecule has 1 amide bonds. The van der Waals surface area contributed by atoms with Crippen molar-refractivity contribution in [2.75, 3.05) is 18.2 Å². The van der Waals surface area contributed by atoms with Gasteiger partial charge in [-0.3, -0.25) is 4.79 Å². The van der Waals surface area contributed by atoms with Crippen LogP contribution in [0.3, 0.4) is 0 Å². The van der Waals surface area contributed by atoms with Crippen LogP contribution in [0.25, 0.3) is 0 Å². The van der Waals surface area contributed by atoms with Gasteiger partial charge in [0.1, 0.15) is 5.75 Å². The van der Waals surface area contributed by atoms with Gasteiger partial charge in [-0.25, -0.2) is 4.98 Å². The second kappa shape index (κ2) is 9.64. The van der Waals surface area contributed by atoms with Gasteiger partial charge in [-0.1, -0.05) is 53.7 Å². The highest BCUT2D eigenvalue weighted by atomic mass is 35.5. The Morgan fingerprint density at radius 1 is 1.29 bits per heavy atom. The van der Waals surface area contributed by atoms with Gasteiger partial charge in [0, 0.05) is 11.6 Å². The number of aromatic nitrogens is 2. The summed E-state index contributed by atoms with van der Waals surface area (Å²) in [6.45, 7) is 0.453. The average molecular weight is 418 g/mol. The Labute approximate surface area is 172 Å². The quantitative estimate of drug-likeness (QED) is 0.545. The largest absolute Gasteiger partial charge is 0.495 e. The van der Waals surface area contributed by atoms with E-state index < -0.39 is 0 Å². The predicted molar refractivity (Wildman–Crippen MR) is 111 cm³/mol. The van der Waals surface area contributed by atoms with Crippen molar-refractivity contribution in [3.05, 3.63) is 71.0 Å². The number of hydrogen-bond acceptors (Lipinski definition) is 5. The van der Waals surface area contributed by atoms with Crippen LogP contribution in [0.2, 0.25) is 5.02 Å². The van der Waals surface area contributed by atoms with Gasteiger partial charge in [0.2, 0.25) is 5.91 Å². The van der Waals surface area contributed by atoms with E-state index in [4.69, 9.17) is 16.3 Å². The summed E-state index contributed by atoms with van der Waals surface area (Å²) < 4.78 is 7.15. The molecule has 0 spiro atoms. The lowest BCUT2D eigenvalue weighted by molar-refractivity contribution is -0.113. The van der Waals surface area contributed by atoms with Crippen LogP contribution >= 0.6 is 23.4 Å². The zero-order chi connectivity index (χ0) is 19.9. The molecule has 0 bridgehead atoms. The van der Waals surface area contributed by atoms with Gasteiger partial charge in [-0.15, -0.1) is 0 Å². The normalized spacial score (nSPS) is 10.7. The number of methoxy groups -OCH3 is 1. The molecule has 0 saturated heterocycles. The first-order valence-corrected chi connectivity index (χ1v) is 9.92. The summed E-state index contributed by atoms with van der Waals surface area (Å²) in [5.41, 5.74) is 2.30. The lowest BCUT2D eigenvalue weighted by Gasteiger charge is -2.12. The van der Waals surface area contributed by atoms with Crippen molar-refractivity contribution in [2.24, 2.45) is 0 Å². The molecule has 0 aliphatic heterocycles. The molecule has 0 radical (unpaired) electrons. The van der Waals surface area contributed by atoms with Crippen LogP contribution in [0, 0.1) is 0 Å². The van der Waals surface area contributed by atoms with Gasteiger partial charge in [0.15, 0.2) is 5.16 Å². The number of thioether (sulfide) groups is 1. The van der Waals surface area contributed by atoms with Crippen molar-refractivity contribution in [2.45, 2.75) is 18.3 Å². The number of nitrogens with zero attached hydrogens (tertiary/aromatic N) is 2. The van der Waals surface area contributed by atoms with Gasteiger partial charge >= 0.3 is 0 Å². The number of anilines is 1. The number of carbonyl (C=O) groups excluding carboxylic acids is 1. The first-order valence-electron chi connectivity index (χ1n) is 8.56. The van der Waals surface area contributed by atoms with Crippen LogP contribution in [-0.2, 0) is 17.9 Å². The number of imidazole rings is 1. The molecule has 2 N–H and O–H groups in total. The fourth-order valence-electron chi connectivity index (χ4n) is 2.66. The fourth-order valence-corrected chi connectivity index (χ4v) is 3.63. The minimum absolute atomic E-state index is 0.119. The zero-order valence-corrected chi connectivity index (χ0v) is 16.8. The summed E-state index contributed by atoms with van der Waals surface area (Å²) >= 11 is 7.30. The highest BCUT2D eigenvalue weighted by Crippen LogP contribution is 2.28. The predicted octanol–water partition coefficient (Wildman–Crippen LogP) is 3.82. The van der Waals surface area contributed by atoms with Gasteiger partial charge in [0.25, 0.3) is 0 Å². The standard InChI is InChI=1S/C20H20ClN3O3S/c1-27-18-8-7-15(21)9-17(18)23-19(26)13-28-20-22-10-16(12-25)24(20)11-14-5-3-2-4-6-14/h2-10,25H,11-13H2,1H3,(H,23,26). The van der Waals surface area contributed by atoms with E-state index in [0.717, 1.165) is 5.56 Å². The van der Waals surface area contributed by atoms with Crippen LogP contribution in [0.1, 0.15) is 11.3 Å². The van der Waals surface area contributed by atoms with Gasteiger partial charge < -0.3 is 19.7 Å². The maximum atomic E-state index is 12.4. The molecule has 28 heavy (non-hydrogen) atoms. The Hall–Kier alpha value is -2.48. The number of hydrogen-bond donors (Lipinski definition) is 2. The molecule has 6 nitrogen and oxygen atoms in total. The lowest BCUT2D eigenvalue weighted by atomic mass is 10.2. The van der Waals surface area contributed by atoms with Crippen LogP contribution in [0.5, 0.6) is 5.75 Å². The molecule has 0 saturated carbocycles. The molecule has 0 unspecified atom stereocenters. The number of rotatable bonds is 8. The summed E-state index contributed by atoms with van der Waals surface area (Å²) in [4.78, 5) is 16.7. The number of aliphatic hydroxyl groups is 1. The van der Waals surface area contributed by atoms with Gasteiger partial charge in [-0.05, 0) is 23.8 Å². The molecule has 2 aromatic carbocycles. The van der Waals surface area contributed by atoms with Crippen molar-refractivity contribution >= 4 is 35.0 Å². The third-order valence-corrected chi connectivity index (χ3v) is 5.24. The number of amides is 1. The Morgan fingerprint density at radius 3 is 2.79 bits per heavy atom. The third kappa shape index (κ3) is 5.07. The smallest absolute Gasteiger partial charge is 0.234 e. The Kier molecular flexibility index (Phi) is 6.97. The Balaban J connectivity index is 1.68. The molecule has 0 fully saturated rings. The molecule has 1 heterocycles. The molecule has 3 rings (SSSR count). The first-order chi connectivity index (χ1) is 13.6. The number of ether oxygens (including phenoxy) is 1. The summed E-state index contributed by atoms with van der Waals surface area (Å²) in [5.74, 6) is 0.494. The number of halogens is 1. The average Bonchev–Trinajstić information content (AvgIpc) is 3.09. The van der Waals surface area contributed by atoms with E-state index in [0.29, 0.717) is 33.9 Å². The Morgan fingerprint density at radius 2 is 2.07 bits per heavy atom. The number of nitrogens with one attached hydrogen (secondary N) is 1. The molecule has 0 aliphatic carbocycles. The summed E-state index contributed by atoms with van der Waals surface area (Å²) in [6.07, 6.45) is 1.63. The summed E-state index contributed by atoms with van der Waals surface area (Å²) in [7, 11) is 1.53. The van der Waals surface area contributed by atoms with Crippen molar-refractivity contribution in [3.63, 3.8) is 0 Å². The first kappa shape index (κ1) is 20.3. The molecule has 0 aliphatic rings.